The largest absolute Gasteiger partial charge is 0.384 e. The zero-order chi connectivity index (χ0) is 14.1. The summed E-state index contributed by atoms with van der Waals surface area (Å²) in [7, 11) is 0. The van der Waals surface area contributed by atoms with Crippen LogP contribution >= 0.6 is 0 Å². The molecule has 2 rings (SSSR count). The lowest BCUT2D eigenvalue weighted by molar-refractivity contribution is -0.0773. The first-order valence-electron chi connectivity index (χ1n) is 7.02. The highest BCUT2D eigenvalue weighted by Crippen LogP contribution is 2.53. The van der Waals surface area contributed by atoms with Gasteiger partial charge in [-0.1, -0.05) is 44.2 Å². The van der Waals surface area contributed by atoms with Crippen LogP contribution in [0, 0.1) is 22.2 Å². The number of nitrogens with zero attached hydrogens (tertiary/aromatic N) is 1. The van der Waals surface area contributed by atoms with Gasteiger partial charge in [0.25, 0.3) is 0 Å². The molecule has 2 heteroatoms. The van der Waals surface area contributed by atoms with Crippen molar-refractivity contribution in [2.75, 3.05) is 0 Å². The molecule has 0 aliphatic heterocycles. The molecule has 1 aliphatic carbocycles. The summed E-state index contributed by atoms with van der Waals surface area (Å²) in [6, 6.07) is 12.0. The second-order valence-corrected chi connectivity index (χ2v) is 6.80. The van der Waals surface area contributed by atoms with Crippen LogP contribution in [0.15, 0.2) is 30.3 Å². The van der Waals surface area contributed by atoms with Crippen LogP contribution in [-0.4, -0.2) is 5.11 Å². The van der Waals surface area contributed by atoms with Gasteiger partial charge in [-0.25, -0.2) is 0 Å². The molecule has 2 nitrogen and oxygen atoms in total. The summed E-state index contributed by atoms with van der Waals surface area (Å²) in [5, 5.41) is 20.7. The van der Waals surface area contributed by atoms with E-state index in [1.54, 1.807) is 6.92 Å². The van der Waals surface area contributed by atoms with Crippen LogP contribution in [-0.2, 0) is 5.60 Å². The summed E-state index contributed by atoms with van der Waals surface area (Å²) in [5.74, 6) is 0. The Hall–Kier alpha value is -1.33. The first-order valence-corrected chi connectivity index (χ1v) is 7.02. The molecule has 1 aromatic rings. The summed E-state index contributed by atoms with van der Waals surface area (Å²) in [4.78, 5) is 0. The lowest BCUT2D eigenvalue weighted by Gasteiger charge is -2.47. The maximum Gasteiger partial charge on any atom is 0.105 e. The molecule has 0 bridgehead atoms. The second kappa shape index (κ2) is 4.65. The van der Waals surface area contributed by atoms with Gasteiger partial charge in [0, 0.05) is 0 Å². The summed E-state index contributed by atoms with van der Waals surface area (Å²) in [6.07, 6.45) is 3.50. The molecular formula is C17H23NO. The maximum atomic E-state index is 11.0. The van der Waals surface area contributed by atoms with E-state index in [1.165, 1.54) is 0 Å². The third-order valence-electron chi connectivity index (χ3n) is 4.94. The van der Waals surface area contributed by atoms with Crippen molar-refractivity contribution in [2.45, 2.75) is 52.1 Å². The monoisotopic (exact) mass is 257 g/mol. The number of rotatable bonds is 2. The van der Waals surface area contributed by atoms with Gasteiger partial charge >= 0.3 is 0 Å². The molecule has 0 amide bonds. The minimum atomic E-state index is -1.08. The Morgan fingerprint density at radius 3 is 2.11 bits per heavy atom. The number of hydrogen-bond donors (Lipinski definition) is 1. The van der Waals surface area contributed by atoms with Crippen LogP contribution in [0.5, 0.6) is 0 Å². The highest BCUT2D eigenvalue weighted by molar-refractivity contribution is 5.28. The molecule has 1 aromatic carbocycles. The topological polar surface area (TPSA) is 44.0 Å². The highest BCUT2D eigenvalue weighted by atomic mass is 16.3. The fourth-order valence-electron chi connectivity index (χ4n) is 3.10. The van der Waals surface area contributed by atoms with Crippen LogP contribution in [0.2, 0.25) is 0 Å². The van der Waals surface area contributed by atoms with Gasteiger partial charge in [0.15, 0.2) is 0 Å². The molecule has 0 heterocycles. The number of nitriles is 1. The Bertz CT molecular complexity index is 472. The van der Waals surface area contributed by atoms with Crippen molar-refractivity contribution in [3.05, 3.63) is 35.9 Å². The minimum Gasteiger partial charge on any atom is -0.384 e. The van der Waals surface area contributed by atoms with E-state index in [0.717, 1.165) is 31.2 Å². The highest BCUT2D eigenvalue weighted by Gasteiger charge is 2.51. The molecule has 1 atom stereocenters. The van der Waals surface area contributed by atoms with Gasteiger partial charge in [0.1, 0.15) is 5.60 Å². The molecule has 1 saturated carbocycles. The molecule has 1 fully saturated rings. The summed E-state index contributed by atoms with van der Waals surface area (Å²) in [6.45, 7) is 6.28. The molecule has 19 heavy (non-hydrogen) atoms. The fourth-order valence-corrected chi connectivity index (χ4v) is 3.10. The Balaban J connectivity index is 2.35. The van der Waals surface area contributed by atoms with Gasteiger partial charge in [-0.3, -0.25) is 0 Å². The molecule has 0 saturated heterocycles. The number of benzene rings is 1. The second-order valence-electron chi connectivity index (χ2n) is 6.80. The van der Waals surface area contributed by atoms with Crippen molar-refractivity contribution in [1.29, 1.82) is 5.26 Å². The van der Waals surface area contributed by atoms with E-state index in [1.807, 2.05) is 30.3 Å². The van der Waals surface area contributed by atoms with Crippen LogP contribution < -0.4 is 0 Å². The lowest BCUT2D eigenvalue weighted by atomic mass is 9.58. The average molecular weight is 257 g/mol. The predicted octanol–water partition coefficient (Wildman–Crippen LogP) is 4.00. The predicted molar refractivity (Wildman–Crippen MR) is 76.3 cm³/mol. The van der Waals surface area contributed by atoms with E-state index in [-0.39, 0.29) is 5.41 Å². The van der Waals surface area contributed by atoms with E-state index in [9.17, 15) is 10.4 Å². The maximum absolute atomic E-state index is 11.0. The van der Waals surface area contributed by atoms with E-state index in [4.69, 9.17) is 0 Å². The molecule has 102 valence electrons. The van der Waals surface area contributed by atoms with Gasteiger partial charge in [-0.2, -0.15) is 5.26 Å². The van der Waals surface area contributed by atoms with E-state index >= 15 is 0 Å². The Morgan fingerprint density at radius 1 is 1.11 bits per heavy atom. The van der Waals surface area contributed by atoms with Crippen LogP contribution in [0.1, 0.15) is 52.0 Å². The molecule has 1 N–H and O–H groups in total. The van der Waals surface area contributed by atoms with Gasteiger partial charge in [0.05, 0.1) is 11.5 Å². The third-order valence-corrected chi connectivity index (χ3v) is 4.94. The average Bonchev–Trinajstić information content (AvgIpc) is 2.40. The van der Waals surface area contributed by atoms with Gasteiger partial charge in [-0.15, -0.1) is 0 Å². The minimum absolute atomic E-state index is 0.285. The molecule has 0 spiro atoms. The van der Waals surface area contributed by atoms with Crippen LogP contribution in [0.3, 0.4) is 0 Å². The molecule has 1 aliphatic rings. The van der Waals surface area contributed by atoms with E-state index < -0.39 is 11.0 Å². The van der Waals surface area contributed by atoms with E-state index in [2.05, 4.69) is 19.9 Å². The van der Waals surface area contributed by atoms with Crippen LogP contribution in [0.25, 0.3) is 0 Å². The zero-order valence-corrected chi connectivity index (χ0v) is 12.1. The zero-order valence-electron chi connectivity index (χ0n) is 12.1. The Labute approximate surface area is 116 Å². The summed E-state index contributed by atoms with van der Waals surface area (Å²) < 4.78 is 0. The fraction of sp³-hybridized carbons (Fsp3) is 0.588. The molecule has 0 aromatic heterocycles. The van der Waals surface area contributed by atoms with Crippen LogP contribution in [0.4, 0.5) is 0 Å². The third kappa shape index (κ3) is 2.40. The number of hydrogen-bond acceptors (Lipinski definition) is 2. The number of aliphatic hydroxyl groups is 1. The first kappa shape index (κ1) is 14.1. The summed E-state index contributed by atoms with van der Waals surface area (Å²) in [5.41, 5.74) is -0.618. The van der Waals surface area contributed by atoms with Crippen molar-refractivity contribution in [3.63, 3.8) is 0 Å². The smallest absolute Gasteiger partial charge is 0.105 e. The Kier molecular flexibility index (Phi) is 3.45. The van der Waals surface area contributed by atoms with Crippen molar-refractivity contribution < 1.29 is 5.11 Å². The van der Waals surface area contributed by atoms with Gasteiger partial charge in [-0.05, 0) is 43.6 Å². The molecule has 1 unspecified atom stereocenters. The first-order chi connectivity index (χ1) is 8.83. The van der Waals surface area contributed by atoms with E-state index in [0.29, 0.717) is 0 Å². The standard InChI is InChI=1S/C17H23NO/c1-15(2)9-11-17(13-18,12-10-15)16(3,19)14-7-5-4-6-8-14/h4-8,19H,9-12H2,1-3H3. The van der Waals surface area contributed by atoms with Crippen molar-refractivity contribution in [2.24, 2.45) is 10.8 Å². The normalized spacial score (nSPS) is 24.2. The SMILES string of the molecule is CC1(C)CCC(C#N)(C(C)(O)c2ccccc2)CC1. The van der Waals surface area contributed by atoms with Crippen molar-refractivity contribution in [1.82, 2.24) is 0 Å². The van der Waals surface area contributed by atoms with Gasteiger partial charge < -0.3 is 5.11 Å². The molecule has 0 radical (unpaired) electrons. The lowest BCUT2D eigenvalue weighted by Crippen LogP contribution is -2.46. The molecular weight excluding hydrogens is 234 g/mol. The summed E-state index contributed by atoms with van der Waals surface area (Å²) >= 11 is 0. The van der Waals surface area contributed by atoms with Crippen molar-refractivity contribution >= 4 is 0 Å². The Morgan fingerprint density at radius 2 is 1.63 bits per heavy atom. The quantitative estimate of drug-likeness (QED) is 0.870. The van der Waals surface area contributed by atoms with Crippen molar-refractivity contribution in [3.8, 4) is 6.07 Å². The van der Waals surface area contributed by atoms with Gasteiger partial charge in [0.2, 0.25) is 0 Å².